The monoisotopic (exact) mass is 394 g/mol. The van der Waals surface area contributed by atoms with Gasteiger partial charge >= 0.3 is 0 Å². The highest BCUT2D eigenvalue weighted by atomic mass is 16.5. The topological polar surface area (TPSA) is 62.4 Å². The third-order valence-electron chi connectivity index (χ3n) is 5.65. The lowest BCUT2D eigenvalue weighted by molar-refractivity contribution is 0.232. The van der Waals surface area contributed by atoms with Crippen LogP contribution in [-0.4, -0.2) is 55.3 Å². The van der Waals surface area contributed by atoms with Crippen molar-refractivity contribution in [3.05, 3.63) is 53.9 Å². The summed E-state index contributed by atoms with van der Waals surface area (Å²) in [7, 11) is 3.82. The first-order valence-corrected chi connectivity index (χ1v) is 10.4. The molecule has 2 aromatic heterocycles. The maximum atomic E-state index is 5.90. The van der Waals surface area contributed by atoms with Crippen molar-refractivity contribution in [3.8, 4) is 11.5 Å². The van der Waals surface area contributed by atoms with Gasteiger partial charge < -0.3 is 19.8 Å². The largest absolute Gasteiger partial charge is 0.497 e. The molecule has 1 aliphatic heterocycles. The molecular weight excluding hydrogens is 364 g/mol. The van der Waals surface area contributed by atoms with E-state index in [4.69, 9.17) is 9.47 Å². The second kappa shape index (κ2) is 9.29. The fourth-order valence-corrected chi connectivity index (χ4v) is 4.05. The van der Waals surface area contributed by atoms with Gasteiger partial charge in [0.2, 0.25) is 0 Å². The van der Waals surface area contributed by atoms with E-state index in [1.165, 1.54) is 29.5 Å². The Balaban J connectivity index is 1.42. The third kappa shape index (κ3) is 4.71. The highest BCUT2D eigenvalue weighted by Crippen LogP contribution is 2.31. The number of rotatable bonds is 8. The van der Waals surface area contributed by atoms with Gasteiger partial charge in [0.05, 0.1) is 7.11 Å². The Bertz CT molecular complexity index is 916. The minimum Gasteiger partial charge on any atom is -0.497 e. The third-order valence-corrected chi connectivity index (χ3v) is 5.65. The molecule has 6 nitrogen and oxygen atoms in total. The van der Waals surface area contributed by atoms with Gasteiger partial charge in [0.1, 0.15) is 23.8 Å². The quantitative estimate of drug-likeness (QED) is 0.612. The molecule has 0 amide bonds. The van der Waals surface area contributed by atoms with E-state index in [-0.39, 0.29) is 0 Å². The minimum absolute atomic E-state index is 0.525. The van der Waals surface area contributed by atoms with Crippen molar-refractivity contribution in [2.45, 2.75) is 25.3 Å². The van der Waals surface area contributed by atoms with Crippen LogP contribution in [0.25, 0.3) is 11.0 Å². The zero-order valence-corrected chi connectivity index (χ0v) is 17.3. The zero-order chi connectivity index (χ0) is 20.1. The SMILES string of the molecule is COc1ccc(OCCN(C)Cc2c(C3CCCNC3)[nH]c3ncccc23)cc1. The van der Waals surface area contributed by atoms with Gasteiger partial charge in [-0.15, -0.1) is 0 Å². The fourth-order valence-electron chi connectivity index (χ4n) is 4.05. The summed E-state index contributed by atoms with van der Waals surface area (Å²) in [6.07, 6.45) is 4.30. The number of ether oxygens (including phenoxy) is 2. The van der Waals surface area contributed by atoms with E-state index >= 15 is 0 Å². The van der Waals surface area contributed by atoms with Gasteiger partial charge in [-0.1, -0.05) is 0 Å². The molecule has 0 radical (unpaired) electrons. The molecule has 1 saturated heterocycles. The van der Waals surface area contributed by atoms with Crippen molar-refractivity contribution in [2.24, 2.45) is 0 Å². The molecule has 0 saturated carbocycles. The summed E-state index contributed by atoms with van der Waals surface area (Å²) >= 11 is 0. The van der Waals surface area contributed by atoms with Crippen molar-refractivity contribution in [1.82, 2.24) is 20.2 Å². The lowest BCUT2D eigenvalue weighted by Gasteiger charge is -2.24. The number of piperidine rings is 1. The van der Waals surface area contributed by atoms with E-state index < -0.39 is 0 Å². The van der Waals surface area contributed by atoms with Crippen LogP contribution in [0.3, 0.4) is 0 Å². The summed E-state index contributed by atoms with van der Waals surface area (Å²) in [5, 5.41) is 4.77. The van der Waals surface area contributed by atoms with Gasteiger partial charge in [-0.25, -0.2) is 4.98 Å². The summed E-state index contributed by atoms with van der Waals surface area (Å²) < 4.78 is 11.1. The molecule has 1 atom stereocenters. The maximum Gasteiger partial charge on any atom is 0.137 e. The second-order valence-corrected chi connectivity index (χ2v) is 7.72. The predicted octanol–water partition coefficient (Wildman–Crippen LogP) is 3.55. The number of aromatic nitrogens is 2. The molecule has 0 bridgehead atoms. The molecule has 3 aromatic rings. The van der Waals surface area contributed by atoms with Gasteiger partial charge in [0, 0.05) is 42.8 Å². The van der Waals surface area contributed by atoms with E-state index in [0.717, 1.165) is 43.3 Å². The van der Waals surface area contributed by atoms with Gasteiger partial charge in [-0.05, 0) is 68.4 Å². The van der Waals surface area contributed by atoms with Crippen molar-refractivity contribution in [1.29, 1.82) is 0 Å². The summed E-state index contributed by atoms with van der Waals surface area (Å²) in [4.78, 5) is 10.5. The van der Waals surface area contributed by atoms with E-state index in [1.54, 1.807) is 7.11 Å². The number of H-pyrrole nitrogens is 1. The molecule has 1 aliphatic rings. The van der Waals surface area contributed by atoms with Crippen LogP contribution in [0, 0.1) is 0 Å². The molecule has 1 aromatic carbocycles. The Hall–Kier alpha value is -2.57. The van der Waals surface area contributed by atoms with Crippen LogP contribution < -0.4 is 14.8 Å². The van der Waals surface area contributed by atoms with E-state index in [2.05, 4.69) is 33.3 Å². The Morgan fingerprint density at radius 2 is 2.00 bits per heavy atom. The standard InChI is InChI=1S/C23H30N4O2/c1-27(13-14-29-19-9-7-18(28-2)8-10-19)16-21-20-6-4-12-25-23(20)26-22(21)17-5-3-11-24-15-17/h4,6-10,12,17,24H,3,5,11,13-16H2,1-2H3,(H,25,26). The number of benzene rings is 1. The number of pyridine rings is 1. The number of hydrogen-bond acceptors (Lipinski definition) is 5. The van der Waals surface area contributed by atoms with Crippen LogP contribution in [0.2, 0.25) is 0 Å². The molecule has 154 valence electrons. The van der Waals surface area contributed by atoms with E-state index in [9.17, 15) is 0 Å². The number of nitrogens with zero attached hydrogens (tertiary/aromatic N) is 2. The molecule has 1 unspecified atom stereocenters. The van der Waals surface area contributed by atoms with Gasteiger partial charge in [-0.3, -0.25) is 4.90 Å². The highest BCUT2D eigenvalue weighted by Gasteiger charge is 2.23. The second-order valence-electron chi connectivity index (χ2n) is 7.72. The Labute approximate surface area is 172 Å². The van der Waals surface area contributed by atoms with Crippen LogP contribution in [0.15, 0.2) is 42.6 Å². The number of methoxy groups -OCH3 is 1. The fraction of sp³-hybridized carbons (Fsp3) is 0.435. The summed E-state index contributed by atoms with van der Waals surface area (Å²) in [5.41, 5.74) is 3.70. The van der Waals surface area contributed by atoms with Crippen LogP contribution in [0.4, 0.5) is 0 Å². The summed E-state index contributed by atoms with van der Waals surface area (Å²) in [6, 6.07) is 11.9. The van der Waals surface area contributed by atoms with Crippen LogP contribution in [-0.2, 0) is 6.54 Å². The number of aromatic amines is 1. The Morgan fingerprint density at radius 3 is 2.76 bits per heavy atom. The highest BCUT2D eigenvalue weighted by molar-refractivity contribution is 5.81. The maximum absolute atomic E-state index is 5.90. The van der Waals surface area contributed by atoms with E-state index in [1.807, 2.05) is 36.5 Å². The van der Waals surface area contributed by atoms with Crippen LogP contribution in [0.5, 0.6) is 11.5 Å². The molecule has 2 N–H and O–H groups in total. The molecule has 6 heteroatoms. The number of likely N-dealkylation sites (N-methyl/N-ethyl adjacent to an activating group) is 1. The molecule has 29 heavy (non-hydrogen) atoms. The molecule has 0 aliphatic carbocycles. The molecular formula is C23H30N4O2. The smallest absolute Gasteiger partial charge is 0.137 e. The van der Waals surface area contributed by atoms with Crippen LogP contribution in [0.1, 0.15) is 30.0 Å². The summed E-state index contributed by atoms with van der Waals surface area (Å²) in [5.74, 6) is 2.23. The molecule has 0 spiro atoms. The number of hydrogen-bond donors (Lipinski definition) is 2. The molecule has 3 heterocycles. The number of fused-ring (bicyclic) bond motifs is 1. The van der Waals surface area contributed by atoms with Crippen molar-refractivity contribution < 1.29 is 9.47 Å². The Morgan fingerprint density at radius 1 is 1.17 bits per heavy atom. The average molecular weight is 395 g/mol. The van der Waals surface area contributed by atoms with Crippen molar-refractivity contribution in [2.75, 3.05) is 40.4 Å². The lowest BCUT2D eigenvalue weighted by atomic mass is 9.93. The Kier molecular flexibility index (Phi) is 6.32. The van der Waals surface area contributed by atoms with Crippen molar-refractivity contribution in [3.63, 3.8) is 0 Å². The first kappa shape index (κ1) is 19.7. The minimum atomic E-state index is 0.525. The number of nitrogens with one attached hydrogen (secondary N) is 2. The first-order valence-electron chi connectivity index (χ1n) is 10.4. The molecule has 4 rings (SSSR count). The van der Waals surface area contributed by atoms with E-state index in [0.29, 0.717) is 12.5 Å². The molecule has 1 fully saturated rings. The van der Waals surface area contributed by atoms with Gasteiger partial charge in [0.15, 0.2) is 0 Å². The summed E-state index contributed by atoms with van der Waals surface area (Å²) in [6.45, 7) is 4.52. The normalized spacial score (nSPS) is 17.0. The van der Waals surface area contributed by atoms with Crippen molar-refractivity contribution >= 4 is 11.0 Å². The zero-order valence-electron chi connectivity index (χ0n) is 17.3. The van der Waals surface area contributed by atoms with Gasteiger partial charge in [0.25, 0.3) is 0 Å². The van der Waals surface area contributed by atoms with Crippen LogP contribution >= 0.6 is 0 Å². The lowest BCUT2D eigenvalue weighted by Crippen LogP contribution is -2.30. The average Bonchev–Trinajstić information content (AvgIpc) is 3.13. The van der Waals surface area contributed by atoms with Gasteiger partial charge in [-0.2, -0.15) is 0 Å². The predicted molar refractivity (Wildman–Crippen MR) is 116 cm³/mol. The first-order chi connectivity index (χ1) is 14.2.